The Morgan fingerprint density at radius 3 is 2.89 bits per heavy atom. The standard InChI is InChI=1S/C15H15NO3/c1-2-13-10(7-8-18-13)12(17)9-15-16-11-5-3-4-6-14(11)19-15/h3-8,12,17H,2,9H2,1H3. The number of hydrogen-bond acceptors (Lipinski definition) is 4. The Bertz CT molecular complexity index is 650. The fourth-order valence-electron chi connectivity index (χ4n) is 2.22. The molecule has 0 saturated carbocycles. The topological polar surface area (TPSA) is 59.4 Å². The van der Waals surface area contributed by atoms with Crippen LogP contribution >= 0.6 is 0 Å². The molecule has 0 aliphatic heterocycles. The largest absolute Gasteiger partial charge is 0.469 e. The highest BCUT2D eigenvalue weighted by atomic mass is 16.4. The molecule has 1 aromatic carbocycles. The number of oxazole rings is 1. The van der Waals surface area contributed by atoms with Gasteiger partial charge in [0.1, 0.15) is 11.3 Å². The molecule has 0 fully saturated rings. The lowest BCUT2D eigenvalue weighted by Crippen LogP contribution is -2.03. The Labute approximate surface area is 110 Å². The van der Waals surface area contributed by atoms with Gasteiger partial charge in [0.15, 0.2) is 11.5 Å². The monoisotopic (exact) mass is 257 g/mol. The number of rotatable bonds is 4. The maximum Gasteiger partial charge on any atom is 0.198 e. The predicted molar refractivity (Wildman–Crippen MR) is 70.8 cm³/mol. The van der Waals surface area contributed by atoms with Crippen LogP contribution in [0.4, 0.5) is 0 Å². The third-order valence-corrected chi connectivity index (χ3v) is 3.17. The van der Waals surface area contributed by atoms with Crippen LogP contribution in [-0.4, -0.2) is 10.1 Å². The van der Waals surface area contributed by atoms with Gasteiger partial charge in [0.25, 0.3) is 0 Å². The summed E-state index contributed by atoms with van der Waals surface area (Å²) in [6.45, 7) is 1.99. The highest BCUT2D eigenvalue weighted by molar-refractivity contribution is 5.72. The molecule has 0 radical (unpaired) electrons. The average molecular weight is 257 g/mol. The molecular weight excluding hydrogens is 242 g/mol. The van der Waals surface area contributed by atoms with Crippen molar-refractivity contribution in [3.05, 3.63) is 53.8 Å². The van der Waals surface area contributed by atoms with Gasteiger partial charge in [-0.3, -0.25) is 0 Å². The summed E-state index contributed by atoms with van der Waals surface area (Å²) < 4.78 is 10.9. The summed E-state index contributed by atoms with van der Waals surface area (Å²) in [7, 11) is 0. The van der Waals surface area contributed by atoms with E-state index in [0.29, 0.717) is 12.3 Å². The Morgan fingerprint density at radius 2 is 2.11 bits per heavy atom. The van der Waals surface area contributed by atoms with Gasteiger partial charge in [-0.2, -0.15) is 0 Å². The first-order valence-corrected chi connectivity index (χ1v) is 6.36. The third-order valence-electron chi connectivity index (χ3n) is 3.17. The Kier molecular flexibility index (Phi) is 3.09. The maximum atomic E-state index is 10.2. The second-order valence-electron chi connectivity index (χ2n) is 4.45. The predicted octanol–water partition coefficient (Wildman–Crippen LogP) is 3.26. The molecule has 98 valence electrons. The first-order valence-electron chi connectivity index (χ1n) is 6.36. The Balaban J connectivity index is 1.84. The first kappa shape index (κ1) is 12.0. The van der Waals surface area contributed by atoms with Gasteiger partial charge in [-0.25, -0.2) is 4.98 Å². The zero-order valence-electron chi connectivity index (χ0n) is 10.7. The smallest absolute Gasteiger partial charge is 0.198 e. The second kappa shape index (κ2) is 4.90. The third kappa shape index (κ3) is 2.27. The lowest BCUT2D eigenvalue weighted by Gasteiger charge is -2.07. The molecule has 1 N–H and O–H groups in total. The van der Waals surface area contributed by atoms with Gasteiger partial charge in [0, 0.05) is 12.0 Å². The zero-order chi connectivity index (χ0) is 13.2. The molecule has 0 spiro atoms. The van der Waals surface area contributed by atoms with Gasteiger partial charge in [-0.15, -0.1) is 0 Å². The minimum atomic E-state index is -0.651. The van der Waals surface area contributed by atoms with Gasteiger partial charge < -0.3 is 13.9 Å². The average Bonchev–Trinajstić information content (AvgIpc) is 3.03. The number of aliphatic hydroxyl groups excluding tert-OH is 1. The second-order valence-corrected chi connectivity index (χ2v) is 4.45. The number of fused-ring (bicyclic) bond motifs is 1. The molecule has 0 saturated heterocycles. The molecule has 2 heterocycles. The highest BCUT2D eigenvalue weighted by Crippen LogP contribution is 2.24. The summed E-state index contributed by atoms with van der Waals surface area (Å²) >= 11 is 0. The summed E-state index contributed by atoms with van der Waals surface area (Å²) in [4.78, 5) is 4.36. The molecule has 1 unspecified atom stereocenters. The van der Waals surface area contributed by atoms with E-state index in [0.717, 1.165) is 28.8 Å². The van der Waals surface area contributed by atoms with Crippen LogP contribution in [0.5, 0.6) is 0 Å². The number of benzene rings is 1. The van der Waals surface area contributed by atoms with Crippen molar-refractivity contribution in [2.45, 2.75) is 25.9 Å². The molecule has 1 atom stereocenters. The van der Waals surface area contributed by atoms with Crippen molar-refractivity contribution in [3.63, 3.8) is 0 Å². The molecular formula is C15H15NO3. The molecule has 0 aliphatic carbocycles. The highest BCUT2D eigenvalue weighted by Gasteiger charge is 2.17. The van der Waals surface area contributed by atoms with E-state index < -0.39 is 6.10 Å². The summed E-state index contributed by atoms with van der Waals surface area (Å²) in [6, 6.07) is 9.37. The van der Waals surface area contributed by atoms with E-state index >= 15 is 0 Å². The summed E-state index contributed by atoms with van der Waals surface area (Å²) in [6.07, 6.45) is 2.05. The van der Waals surface area contributed by atoms with Gasteiger partial charge in [0.2, 0.25) is 0 Å². The summed E-state index contributed by atoms with van der Waals surface area (Å²) in [5.74, 6) is 1.35. The molecule has 4 nitrogen and oxygen atoms in total. The van der Waals surface area contributed by atoms with Gasteiger partial charge >= 0.3 is 0 Å². The molecule has 19 heavy (non-hydrogen) atoms. The molecule has 3 rings (SSSR count). The SMILES string of the molecule is CCc1occc1C(O)Cc1nc2ccccc2o1. The molecule has 0 amide bonds. The summed E-state index contributed by atoms with van der Waals surface area (Å²) in [5.41, 5.74) is 2.37. The first-order chi connectivity index (χ1) is 9.28. The van der Waals surface area contributed by atoms with E-state index in [1.54, 1.807) is 12.3 Å². The molecule has 4 heteroatoms. The lowest BCUT2D eigenvalue weighted by molar-refractivity contribution is 0.167. The number of aromatic nitrogens is 1. The summed E-state index contributed by atoms with van der Waals surface area (Å²) in [5, 5.41) is 10.2. The van der Waals surface area contributed by atoms with Crippen LogP contribution in [0.25, 0.3) is 11.1 Å². The van der Waals surface area contributed by atoms with Crippen LogP contribution in [0.15, 0.2) is 45.4 Å². The number of aryl methyl sites for hydroxylation is 1. The number of nitrogens with zero attached hydrogens (tertiary/aromatic N) is 1. The van der Waals surface area contributed by atoms with Crippen molar-refractivity contribution in [1.29, 1.82) is 0 Å². The molecule has 3 aromatic rings. The van der Waals surface area contributed by atoms with Crippen LogP contribution in [0.1, 0.15) is 30.2 Å². The van der Waals surface area contributed by atoms with E-state index in [1.807, 2.05) is 31.2 Å². The van der Waals surface area contributed by atoms with E-state index in [-0.39, 0.29) is 0 Å². The Morgan fingerprint density at radius 1 is 1.26 bits per heavy atom. The minimum Gasteiger partial charge on any atom is -0.469 e. The number of aliphatic hydroxyl groups is 1. The van der Waals surface area contributed by atoms with Crippen molar-refractivity contribution in [3.8, 4) is 0 Å². The fraction of sp³-hybridized carbons (Fsp3) is 0.267. The van der Waals surface area contributed by atoms with E-state index in [4.69, 9.17) is 8.83 Å². The van der Waals surface area contributed by atoms with Gasteiger partial charge in [-0.1, -0.05) is 19.1 Å². The molecule has 2 aromatic heterocycles. The number of para-hydroxylation sites is 2. The Hall–Kier alpha value is -2.07. The number of hydrogen-bond donors (Lipinski definition) is 1. The van der Waals surface area contributed by atoms with Gasteiger partial charge in [0.05, 0.1) is 18.8 Å². The quantitative estimate of drug-likeness (QED) is 0.779. The van der Waals surface area contributed by atoms with Gasteiger partial charge in [-0.05, 0) is 18.2 Å². The molecule has 0 aliphatic rings. The van der Waals surface area contributed by atoms with Crippen LogP contribution in [0.2, 0.25) is 0 Å². The van der Waals surface area contributed by atoms with Crippen molar-refractivity contribution >= 4 is 11.1 Å². The van der Waals surface area contributed by atoms with E-state index in [2.05, 4.69) is 4.98 Å². The van der Waals surface area contributed by atoms with Crippen LogP contribution in [-0.2, 0) is 12.8 Å². The van der Waals surface area contributed by atoms with Crippen LogP contribution < -0.4 is 0 Å². The van der Waals surface area contributed by atoms with E-state index in [1.165, 1.54) is 0 Å². The van der Waals surface area contributed by atoms with Crippen molar-refractivity contribution in [2.75, 3.05) is 0 Å². The molecule has 0 bridgehead atoms. The normalized spacial score (nSPS) is 12.9. The van der Waals surface area contributed by atoms with Crippen LogP contribution in [0.3, 0.4) is 0 Å². The van der Waals surface area contributed by atoms with Crippen molar-refractivity contribution in [2.24, 2.45) is 0 Å². The zero-order valence-corrected chi connectivity index (χ0v) is 10.7. The van der Waals surface area contributed by atoms with Crippen molar-refractivity contribution < 1.29 is 13.9 Å². The van der Waals surface area contributed by atoms with Crippen molar-refractivity contribution in [1.82, 2.24) is 4.98 Å². The minimum absolute atomic E-state index is 0.348. The number of furan rings is 1. The van der Waals surface area contributed by atoms with Crippen LogP contribution in [0, 0.1) is 0 Å². The van der Waals surface area contributed by atoms with E-state index in [9.17, 15) is 5.11 Å². The lowest BCUT2D eigenvalue weighted by atomic mass is 10.1. The maximum absolute atomic E-state index is 10.2. The fourth-order valence-corrected chi connectivity index (χ4v) is 2.22.